The number of hydrogen-bond acceptors (Lipinski definition) is 1. The summed E-state index contributed by atoms with van der Waals surface area (Å²) in [6.07, 6.45) is -0.0962. The zero-order chi connectivity index (χ0) is 14.0. The first-order valence-electron chi connectivity index (χ1n) is 5.39. The molecule has 98 valence electrons. The highest BCUT2D eigenvalue weighted by Crippen LogP contribution is 2.20. The van der Waals surface area contributed by atoms with Gasteiger partial charge in [0.05, 0.1) is 5.02 Å². The smallest absolute Gasteiger partial charge is 0.167 e. The molecule has 0 aromatic heterocycles. The fourth-order valence-electron chi connectivity index (χ4n) is 1.61. The van der Waals surface area contributed by atoms with Crippen molar-refractivity contribution < 1.29 is 13.6 Å². The van der Waals surface area contributed by atoms with Crippen LogP contribution in [0.2, 0.25) is 5.02 Å². The molecule has 2 rings (SSSR count). The van der Waals surface area contributed by atoms with Crippen molar-refractivity contribution in [1.29, 1.82) is 0 Å². The van der Waals surface area contributed by atoms with Crippen molar-refractivity contribution in [3.63, 3.8) is 0 Å². The molecular formula is C14H8BrClF2O. The van der Waals surface area contributed by atoms with E-state index in [0.717, 1.165) is 6.07 Å². The predicted octanol–water partition coefficient (Wildman–Crippen LogP) is 4.81. The first kappa shape index (κ1) is 14.2. The van der Waals surface area contributed by atoms with Crippen LogP contribution in [0.25, 0.3) is 0 Å². The maximum atomic E-state index is 13.6. The molecule has 0 saturated carbocycles. The van der Waals surface area contributed by atoms with Crippen LogP contribution in [-0.4, -0.2) is 5.78 Å². The van der Waals surface area contributed by atoms with Crippen LogP contribution in [0.3, 0.4) is 0 Å². The molecule has 19 heavy (non-hydrogen) atoms. The lowest BCUT2D eigenvalue weighted by Gasteiger charge is -2.04. The monoisotopic (exact) mass is 344 g/mol. The molecule has 0 fully saturated rings. The van der Waals surface area contributed by atoms with Gasteiger partial charge in [0.15, 0.2) is 5.78 Å². The second-order valence-electron chi connectivity index (χ2n) is 3.96. The molecule has 0 N–H and O–H groups in total. The number of carbonyl (C=O) groups is 1. The Labute approximate surface area is 122 Å². The first-order chi connectivity index (χ1) is 8.97. The lowest BCUT2D eigenvalue weighted by Crippen LogP contribution is -2.05. The molecule has 0 spiro atoms. The molecule has 1 nitrogen and oxygen atoms in total. The van der Waals surface area contributed by atoms with E-state index in [0.29, 0.717) is 4.47 Å². The average Bonchev–Trinajstić information content (AvgIpc) is 2.36. The van der Waals surface area contributed by atoms with E-state index in [-0.39, 0.29) is 28.4 Å². The van der Waals surface area contributed by atoms with Gasteiger partial charge >= 0.3 is 0 Å². The molecule has 2 aromatic carbocycles. The average molecular weight is 346 g/mol. The summed E-state index contributed by atoms with van der Waals surface area (Å²) in [5.41, 5.74) is 0.544. The van der Waals surface area contributed by atoms with Crippen molar-refractivity contribution in [3.05, 3.63) is 68.7 Å². The lowest BCUT2D eigenvalue weighted by molar-refractivity contribution is 0.0992. The van der Waals surface area contributed by atoms with Crippen LogP contribution in [0.1, 0.15) is 15.9 Å². The summed E-state index contributed by atoms with van der Waals surface area (Å²) in [6, 6.07) is 8.18. The Bertz CT molecular complexity index is 643. The summed E-state index contributed by atoms with van der Waals surface area (Å²) in [5.74, 6) is -1.37. The highest BCUT2D eigenvalue weighted by molar-refractivity contribution is 9.10. The Kier molecular flexibility index (Phi) is 4.32. The fourth-order valence-corrected chi connectivity index (χ4v) is 2.12. The quantitative estimate of drug-likeness (QED) is 0.730. The molecule has 2 aromatic rings. The Morgan fingerprint density at radius 1 is 1.11 bits per heavy atom. The molecule has 0 aliphatic rings. The van der Waals surface area contributed by atoms with Gasteiger partial charge in [-0.3, -0.25) is 4.79 Å². The number of hydrogen-bond donors (Lipinski definition) is 0. The molecular weight excluding hydrogens is 338 g/mol. The third-order valence-corrected chi connectivity index (χ3v) is 3.39. The van der Waals surface area contributed by atoms with Gasteiger partial charge in [-0.1, -0.05) is 33.6 Å². The summed E-state index contributed by atoms with van der Waals surface area (Å²) in [6.45, 7) is 0. The Morgan fingerprint density at radius 2 is 1.84 bits per heavy atom. The summed E-state index contributed by atoms with van der Waals surface area (Å²) in [7, 11) is 0. The summed E-state index contributed by atoms with van der Waals surface area (Å²) in [5, 5.41) is -0.123. The van der Waals surface area contributed by atoms with Gasteiger partial charge in [-0.15, -0.1) is 0 Å². The molecule has 0 unspecified atom stereocenters. The van der Waals surface area contributed by atoms with E-state index in [1.165, 1.54) is 24.3 Å². The van der Waals surface area contributed by atoms with Crippen molar-refractivity contribution in [2.24, 2.45) is 0 Å². The molecule has 0 bridgehead atoms. The molecule has 5 heteroatoms. The zero-order valence-corrected chi connectivity index (χ0v) is 11.9. The van der Waals surface area contributed by atoms with Crippen LogP contribution in [0.5, 0.6) is 0 Å². The maximum absolute atomic E-state index is 13.6. The first-order valence-corrected chi connectivity index (χ1v) is 6.56. The Morgan fingerprint density at radius 3 is 2.47 bits per heavy atom. The van der Waals surface area contributed by atoms with E-state index < -0.39 is 11.6 Å². The van der Waals surface area contributed by atoms with E-state index in [4.69, 9.17) is 11.6 Å². The molecule has 0 atom stereocenters. The molecule has 0 amide bonds. The summed E-state index contributed by atoms with van der Waals surface area (Å²) in [4.78, 5) is 12.0. The Balaban J connectivity index is 2.23. The van der Waals surface area contributed by atoms with Crippen LogP contribution in [0, 0.1) is 11.6 Å². The van der Waals surface area contributed by atoms with E-state index in [2.05, 4.69) is 15.9 Å². The minimum atomic E-state index is -0.590. The van der Waals surface area contributed by atoms with E-state index in [1.807, 2.05) is 0 Å². The standard InChI is InChI=1S/C14H8BrClF2O/c15-10-3-1-8(13(18)7-10)6-14(19)9-2-4-12(17)11(16)5-9/h1-5,7H,6H2. The summed E-state index contributed by atoms with van der Waals surface area (Å²) < 4.78 is 27.2. The minimum absolute atomic E-state index is 0.0962. The highest BCUT2D eigenvalue weighted by Gasteiger charge is 2.12. The van der Waals surface area contributed by atoms with Gasteiger partial charge in [0, 0.05) is 16.5 Å². The number of halogens is 4. The molecule has 0 aliphatic carbocycles. The minimum Gasteiger partial charge on any atom is -0.294 e. The largest absolute Gasteiger partial charge is 0.294 e. The van der Waals surface area contributed by atoms with Crippen LogP contribution in [-0.2, 0) is 6.42 Å². The second-order valence-corrected chi connectivity index (χ2v) is 5.29. The van der Waals surface area contributed by atoms with E-state index in [9.17, 15) is 13.6 Å². The highest BCUT2D eigenvalue weighted by atomic mass is 79.9. The van der Waals surface area contributed by atoms with Crippen LogP contribution < -0.4 is 0 Å². The summed E-state index contributed by atoms with van der Waals surface area (Å²) >= 11 is 8.75. The van der Waals surface area contributed by atoms with Gasteiger partial charge in [0.1, 0.15) is 11.6 Å². The van der Waals surface area contributed by atoms with Crippen LogP contribution in [0.15, 0.2) is 40.9 Å². The van der Waals surface area contributed by atoms with Gasteiger partial charge in [0.2, 0.25) is 0 Å². The maximum Gasteiger partial charge on any atom is 0.167 e. The van der Waals surface area contributed by atoms with E-state index in [1.54, 1.807) is 6.07 Å². The normalized spacial score (nSPS) is 10.5. The van der Waals surface area contributed by atoms with Crippen molar-refractivity contribution in [1.82, 2.24) is 0 Å². The molecule has 0 aliphatic heterocycles. The lowest BCUT2D eigenvalue weighted by atomic mass is 10.0. The predicted molar refractivity (Wildman–Crippen MR) is 73.5 cm³/mol. The van der Waals surface area contributed by atoms with Gasteiger partial charge in [-0.05, 0) is 35.9 Å². The number of carbonyl (C=O) groups excluding carboxylic acids is 1. The second kappa shape index (κ2) is 5.80. The van der Waals surface area contributed by atoms with Gasteiger partial charge in [-0.2, -0.15) is 0 Å². The van der Waals surface area contributed by atoms with E-state index >= 15 is 0 Å². The van der Waals surface area contributed by atoms with Crippen molar-refractivity contribution in [2.75, 3.05) is 0 Å². The topological polar surface area (TPSA) is 17.1 Å². The third kappa shape index (κ3) is 3.39. The fraction of sp³-hybridized carbons (Fsp3) is 0.0714. The molecule has 0 saturated heterocycles. The number of benzene rings is 2. The van der Waals surface area contributed by atoms with Crippen LogP contribution in [0.4, 0.5) is 8.78 Å². The third-order valence-electron chi connectivity index (χ3n) is 2.61. The molecule has 0 radical (unpaired) electrons. The van der Waals surface area contributed by atoms with Crippen molar-refractivity contribution >= 4 is 33.3 Å². The van der Waals surface area contributed by atoms with Gasteiger partial charge < -0.3 is 0 Å². The SMILES string of the molecule is O=C(Cc1ccc(Br)cc1F)c1ccc(F)c(Cl)c1. The van der Waals surface area contributed by atoms with Crippen molar-refractivity contribution in [2.45, 2.75) is 6.42 Å². The zero-order valence-electron chi connectivity index (χ0n) is 9.59. The Hall–Kier alpha value is -1.26. The number of rotatable bonds is 3. The van der Waals surface area contributed by atoms with Crippen LogP contribution >= 0.6 is 27.5 Å². The molecule has 0 heterocycles. The van der Waals surface area contributed by atoms with Gasteiger partial charge in [0.25, 0.3) is 0 Å². The van der Waals surface area contributed by atoms with Crippen molar-refractivity contribution in [3.8, 4) is 0 Å². The van der Waals surface area contributed by atoms with Gasteiger partial charge in [-0.25, -0.2) is 8.78 Å². The number of Topliss-reactive ketones (excluding diaryl/α,β-unsaturated/α-hetero) is 1. The number of ketones is 1.